The highest BCUT2D eigenvalue weighted by atomic mass is 15.2. The first-order valence-electron chi connectivity index (χ1n) is 4.81. The van der Waals surface area contributed by atoms with Crippen LogP contribution in [0, 0.1) is 11.8 Å². The molecule has 0 saturated carbocycles. The molecule has 0 fully saturated rings. The molecule has 0 N–H and O–H groups in total. The SMILES string of the molecule is CCC#CCN(C(C)C)C(C)C. The van der Waals surface area contributed by atoms with Gasteiger partial charge < -0.3 is 0 Å². The van der Waals surface area contributed by atoms with E-state index in [-0.39, 0.29) is 0 Å². The van der Waals surface area contributed by atoms with E-state index in [4.69, 9.17) is 0 Å². The maximum absolute atomic E-state index is 3.17. The van der Waals surface area contributed by atoms with Gasteiger partial charge in [-0.2, -0.15) is 0 Å². The molecule has 0 saturated heterocycles. The Morgan fingerprint density at radius 1 is 1.00 bits per heavy atom. The van der Waals surface area contributed by atoms with E-state index in [1.165, 1.54) is 0 Å². The Hall–Kier alpha value is -0.480. The van der Waals surface area contributed by atoms with Crippen molar-refractivity contribution in [2.75, 3.05) is 6.54 Å². The highest BCUT2D eigenvalue weighted by Crippen LogP contribution is 2.02. The van der Waals surface area contributed by atoms with Gasteiger partial charge in [0.1, 0.15) is 0 Å². The smallest absolute Gasteiger partial charge is 0.0606 e. The summed E-state index contributed by atoms with van der Waals surface area (Å²) in [5.74, 6) is 6.27. The third-order valence-corrected chi connectivity index (χ3v) is 1.89. The second-order valence-electron chi connectivity index (χ2n) is 3.57. The Morgan fingerprint density at radius 3 is 1.83 bits per heavy atom. The summed E-state index contributed by atoms with van der Waals surface area (Å²) < 4.78 is 0. The molecule has 1 heteroatoms. The van der Waals surface area contributed by atoms with Crippen molar-refractivity contribution in [2.45, 2.75) is 53.1 Å². The normalized spacial score (nSPS) is 10.7. The lowest BCUT2D eigenvalue weighted by Gasteiger charge is -2.28. The summed E-state index contributed by atoms with van der Waals surface area (Å²) in [5.41, 5.74) is 0. The topological polar surface area (TPSA) is 3.24 Å². The Kier molecular flexibility index (Phi) is 5.84. The third kappa shape index (κ3) is 4.41. The summed E-state index contributed by atoms with van der Waals surface area (Å²) >= 11 is 0. The van der Waals surface area contributed by atoms with Crippen LogP contribution >= 0.6 is 0 Å². The van der Waals surface area contributed by atoms with Crippen LogP contribution in [0.4, 0.5) is 0 Å². The Morgan fingerprint density at radius 2 is 1.50 bits per heavy atom. The van der Waals surface area contributed by atoms with Gasteiger partial charge in [0.05, 0.1) is 6.54 Å². The first kappa shape index (κ1) is 11.5. The van der Waals surface area contributed by atoms with Crippen molar-refractivity contribution >= 4 is 0 Å². The van der Waals surface area contributed by atoms with Crippen molar-refractivity contribution in [3.8, 4) is 11.8 Å². The van der Waals surface area contributed by atoms with Crippen LogP contribution in [-0.4, -0.2) is 23.5 Å². The Labute approximate surface area is 77.1 Å². The van der Waals surface area contributed by atoms with Crippen molar-refractivity contribution < 1.29 is 0 Å². The standard InChI is InChI=1S/C11H21N/c1-6-7-8-9-12(10(2)3)11(4)5/h10-11H,6,9H2,1-5H3. The summed E-state index contributed by atoms with van der Waals surface area (Å²) in [5, 5.41) is 0. The van der Waals surface area contributed by atoms with Gasteiger partial charge in [-0.1, -0.05) is 12.8 Å². The quantitative estimate of drug-likeness (QED) is 0.584. The van der Waals surface area contributed by atoms with Crippen molar-refractivity contribution in [3.05, 3.63) is 0 Å². The maximum Gasteiger partial charge on any atom is 0.0606 e. The van der Waals surface area contributed by atoms with Crippen molar-refractivity contribution in [1.82, 2.24) is 4.90 Å². The summed E-state index contributed by atoms with van der Waals surface area (Å²) in [7, 11) is 0. The van der Waals surface area contributed by atoms with E-state index in [1.54, 1.807) is 0 Å². The fourth-order valence-corrected chi connectivity index (χ4v) is 1.23. The van der Waals surface area contributed by atoms with E-state index in [9.17, 15) is 0 Å². The number of nitrogens with zero attached hydrogens (tertiary/aromatic N) is 1. The molecular weight excluding hydrogens is 146 g/mol. The number of rotatable bonds is 3. The minimum absolute atomic E-state index is 0.594. The first-order valence-corrected chi connectivity index (χ1v) is 4.81. The van der Waals surface area contributed by atoms with Crippen molar-refractivity contribution in [3.63, 3.8) is 0 Å². The molecule has 0 aliphatic rings. The molecule has 0 atom stereocenters. The lowest BCUT2D eigenvalue weighted by atomic mass is 10.2. The predicted octanol–water partition coefficient (Wildman–Crippen LogP) is 2.52. The van der Waals surface area contributed by atoms with Crippen LogP contribution in [0.1, 0.15) is 41.0 Å². The van der Waals surface area contributed by atoms with Crippen molar-refractivity contribution in [1.29, 1.82) is 0 Å². The minimum atomic E-state index is 0.594. The molecule has 0 bridgehead atoms. The molecule has 12 heavy (non-hydrogen) atoms. The molecule has 0 aliphatic carbocycles. The molecule has 0 aromatic rings. The highest BCUT2D eigenvalue weighted by Gasteiger charge is 2.10. The summed E-state index contributed by atoms with van der Waals surface area (Å²) in [6.07, 6.45) is 0.962. The zero-order chi connectivity index (χ0) is 9.56. The van der Waals surface area contributed by atoms with E-state index >= 15 is 0 Å². The van der Waals surface area contributed by atoms with Gasteiger partial charge in [0.2, 0.25) is 0 Å². The first-order chi connectivity index (χ1) is 5.59. The van der Waals surface area contributed by atoms with E-state index in [1.807, 2.05) is 0 Å². The lowest BCUT2D eigenvalue weighted by molar-refractivity contribution is 0.200. The van der Waals surface area contributed by atoms with Gasteiger partial charge in [-0.3, -0.25) is 4.90 Å². The van der Waals surface area contributed by atoms with Gasteiger partial charge >= 0.3 is 0 Å². The number of hydrogen-bond donors (Lipinski definition) is 0. The number of hydrogen-bond acceptors (Lipinski definition) is 1. The van der Waals surface area contributed by atoms with Crippen LogP contribution < -0.4 is 0 Å². The van der Waals surface area contributed by atoms with Crippen LogP contribution in [-0.2, 0) is 0 Å². The van der Waals surface area contributed by atoms with Gasteiger partial charge in [-0.05, 0) is 27.7 Å². The molecule has 0 spiro atoms. The second-order valence-corrected chi connectivity index (χ2v) is 3.57. The molecule has 0 unspecified atom stereocenters. The second kappa shape index (κ2) is 6.08. The van der Waals surface area contributed by atoms with Gasteiger partial charge in [0.15, 0.2) is 0 Å². The molecule has 70 valence electrons. The predicted molar refractivity (Wildman–Crippen MR) is 55.0 cm³/mol. The van der Waals surface area contributed by atoms with Crippen molar-refractivity contribution in [2.24, 2.45) is 0 Å². The van der Waals surface area contributed by atoms with Crippen LogP contribution in [0.25, 0.3) is 0 Å². The minimum Gasteiger partial charge on any atom is -0.287 e. The average molecular weight is 167 g/mol. The summed E-state index contributed by atoms with van der Waals surface area (Å²) in [6.45, 7) is 11.9. The fraction of sp³-hybridized carbons (Fsp3) is 0.818. The zero-order valence-corrected chi connectivity index (χ0v) is 9.02. The lowest BCUT2D eigenvalue weighted by Crippen LogP contribution is -2.37. The van der Waals surface area contributed by atoms with E-state index in [0.29, 0.717) is 12.1 Å². The van der Waals surface area contributed by atoms with Crippen LogP contribution in [0.15, 0.2) is 0 Å². The van der Waals surface area contributed by atoms with E-state index in [2.05, 4.69) is 51.4 Å². The molecule has 1 nitrogen and oxygen atoms in total. The van der Waals surface area contributed by atoms with E-state index < -0.39 is 0 Å². The fourth-order valence-electron chi connectivity index (χ4n) is 1.23. The van der Waals surface area contributed by atoms with Crippen LogP contribution in [0.2, 0.25) is 0 Å². The summed E-state index contributed by atoms with van der Waals surface area (Å²) in [6, 6.07) is 1.19. The molecule has 0 aromatic carbocycles. The monoisotopic (exact) mass is 167 g/mol. The zero-order valence-electron chi connectivity index (χ0n) is 9.02. The van der Waals surface area contributed by atoms with Gasteiger partial charge in [0.25, 0.3) is 0 Å². The molecule has 0 aromatic heterocycles. The van der Waals surface area contributed by atoms with Gasteiger partial charge in [-0.25, -0.2) is 0 Å². The molecule has 0 amide bonds. The molecular formula is C11H21N. The Balaban J connectivity index is 3.96. The van der Waals surface area contributed by atoms with Crippen LogP contribution in [0.5, 0.6) is 0 Å². The molecule has 0 rings (SSSR count). The largest absolute Gasteiger partial charge is 0.287 e. The van der Waals surface area contributed by atoms with Gasteiger partial charge in [-0.15, -0.1) is 5.92 Å². The summed E-state index contributed by atoms with van der Waals surface area (Å²) in [4.78, 5) is 2.39. The van der Waals surface area contributed by atoms with E-state index in [0.717, 1.165) is 13.0 Å². The molecule has 0 aliphatic heterocycles. The van der Waals surface area contributed by atoms with Gasteiger partial charge in [0, 0.05) is 18.5 Å². The third-order valence-electron chi connectivity index (χ3n) is 1.89. The van der Waals surface area contributed by atoms with Crippen LogP contribution in [0.3, 0.4) is 0 Å². The highest BCUT2D eigenvalue weighted by molar-refractivity contribution is 5.01. The molecule has 0 radical (unpaired) electrons. The molecule has 0 heterocycles. The Bertz CT molecular complexity index is 152. The maximum atomic E-state index is 3.17. The average Bonchev–Trinajstić information content (AvgIpc) is 1.96.